The van der Waals surface area contributed by atoms with E-state index < -0.39 is 19.1 Å². The molecule has 2 N–H and O–H groups in total. The van der Waals surface area contributed by atoms with Crippen LogP contribution in [0.1, 0.15) is 41.8 Å². The summed E-state index contributed by atoms with van der Waals surface area (Å²) < 4.78 is 15.9. The minimum atomic E-state index is -1.02. The van der Waals surface area contributed by atoms with Crippen molar-refractivity contribution in [3.05, 3.63) is 28.8 Å². The molecule has 0 aromatic heterocycles. The second-order valence-corrected chi connectivity index (χ2v) is 7.09. The molecule has 1 amide bonds. The highest BCUT2D eigenvalue weighted by molar-refractivity contribution is 6.62. The Morgan fingerprint density at radius 2 is 2.15 bits per heavy atom. The molecule has 8 heteroatoms. The van der Waals surface area contributed by atoms with Crippen molar-refractivity contribution in [2.75, 3.05) is 13.2 Å². The van der Waals surface area contributed by atoms with E-state index in [0.717, 1.165) is 5.56 Å². The van der Waals surface area contributed by atoms with E-state index in [4.69, 9.17) is 14.1 Å². The highest BCUT2D eigenvalue weighted by atomic mass is 16.6. The Morgan fingerprint density at radius 1 is 1.38 bits per heavy atom. The number of esters is 1. The number of carbonyl (C=O) groups excluding carboxylic acids is 2. The molecule has 0 aliphatic carbocycles. The predicted molar refractivity (Wildman–Crippen MR) is 95.0 cm³/mol. The summed E-state index contributed by atoms with van der Waals surface area (Å²) in [7, 11) is -1.02. The molecule has 140 valence electrons. The van der Waals surface area contributed by atoms with Gasteiger partial charge in [0.05, 0.1) is 19.8 Å². The van der Waals surface area contributed by atoms with Gasteiger partial charge in [0.1, 0.15) is 12.1 Å². The maximum Gasteiger partial charge on any atom is 0.492 e. The summed E-state index contributed by atoms with van der Waals surface area (Å²) in [5.74, 6) is -0.953. The SMILES string of the molecule is Cc1c(C(=O)NC(C(=O)O[C@@H]2CCOC2)C(C)C)ccc2c1B(O)OC2. The highest BCUT2D eigenvalue weighted by Gasteiger charge is 2.33. The molecule has 1 unspecified atom stereocenters. The van der Waals surface area contributed by atoms with Crippen molar-refractivity contribution in [1.29, 1.82) is 0 Å². The monoisotopic (exact) mass is 361 g/mol. The number of ether oxygens (including phenoxy) is 2. The van der Waals surface area contributed by atoms with Crippen LogP contribution in [0.25, 0.3) is 0 Å². The quantitative estimate of drug-likeness (QED) is 0.579. The summed E-state index contributed by atoms with van der Waals surface area (Å²) in [6.45, 7) is 6.77. The molecule has 0 saturated carbocycles. The zero-order valence-electron chi connectivity index (χ0n) is 15.3. The maximum atomic E-state index is 12.8. The van der Waals surface area contributed by atoms with Crippen LogP contribution in [0.5, 0.6) is 0 Å². The lowest BCUT2D eigenvalue weighted by molar-refractivity contribution is -0.152. The van der Waals surface area contributed by atoms with Crippen LogP contribution >= 0.6 is 0 Å². The molecule has 0 radical (unpaired) electrons. The van der Waals surface area contributed by atoms with E-state index in [-0.39, 0.29) is 17.9 Å². The van der Waals surface area contributed by atoms with Crippen LogP contribution in [-0.2, 0) is 25.5 Å². The standard InChI is InChI=1S/C18H24BNO6/c1-10(2)16(18(22)26-13-6-7-24-9-13)20-17(21)14-5-4-12-8-25-19(23)15(12)11(14)3/h4-5,10,13,16,23H,6-9H2,1-3H3,(H,20,21)/t13-,16?/m1/s1. The van der Waals surface area contributed by atoms with Crippen molar-refractivity contribution in [2.24, 2.45) is 5.92 Å². The predicted octanol–water partition coefficient (Wildman–Crippen LogP) is 0.299. The molecular weight excluding hydrogens is 337 g/mol. The molecule has 1 fully saturated rings. The lowest BCUT2D eigenvalue weighted by atomic mass is 9.75. The third-order valence-corrected chi connectivity index (χ3v) is 4.87. The molecule has 26 heavy (non-hydrogen) atoms. The Labute approximate surface area is 153 Å². The molecule has 1 aromatic carbocycles. The van der Waals surface area contributed by atoms with Crippen LogP contribution < -0.4 is 10.8 Å². The molecule has 3 rings (SSSR count). The molecule has 0 bridgehead atoms. The van der Waals surface area contributed by atoms with Gasteiger partial charge in [0.25, 0.3) is 5.91 Å². The second kappa shape index (κ2) is 7.78. The van der Waals surface area contributed by atoms with Gasteiger partial charge in [-0.05, 0) is 35.5 Å². The van der Waals surface area contributed by atoms with Gasteiger partial charge >= 0.3 is 13.1 Å². The van der Waals surface area contributed by atoms with Crippen LogP contribution in [0.4, 0.5) is 0 Å². The van der Waals surface area contributed by atoms with E-state index >= 15 is 0 Å². The van der Waals surface area contributed by atoms with E-state index in [1.54, 1.807) is 19.1 Å². The fraction of sp³-hybridized carbons (Fsp3) is 0.556. The molecule has 2 aliphatic heterocycles. The number of carbonyl (C=O) groups is 2. The fourth-order valence-electron chi connectivity index (χ4n) is 3.31. The fourth-order valence-corrected chi connectivity index (χ4v) is 3.31. The number of rotatable bonds is 5. The van der Waals surface area contributed by atoms with E-state index in [0.29, 0.717) is 42.8 Å². The van der Waals surface area contributed by atoms with Gasteiger partial charge in [0, 0.05) is 12.0 Å². The molecule has 1 saturated heterocycles. The smallest absolute Gasteiger partial charge is 0.458 e. The maximum absolute atomic E-state index is 12.8. The van der Waals surface area contributed by atoms with E-state index in [2.05, 4.69) is 5.32 Å². The zero-order valence-corrected chi connectivity index (χ0v) is 15.3. The average Bonchev–Trinajstić information content (AvgIpc) is 3.22. The van der Waals surface area contributed by atoms with Gasteiger partial charge in [-0.15, -0.1) is 0 Å². The van der Waals surface area contributed by atoms with Crippen molar-refractivity contribution in [1.82, 2.24) is 5.32 Å². The second-order valence-electron chi connectivity index (χ2n) is 7.09. The minimum absolute atomic E-state index is 0.127. The van der Waals surface area contributed by atoms with E-state index in [9.17, 15) is 14.6 Å². The third kappa shape index (κ3) is 3.77. The van der Waals surface area contributed by atoms with Gasteiger partial charge < -0.3 is 24.5 Å². The highest BCUT2D eigenvalue weighted by Crippen LogP contribution is 2.17. The molecule has 2 atom stereocenters. The number of hydrogen-bond acceptors (Lipinski definition) is 6. The van der Waals surface area contributed by atoms with E-state index in [1.807, 2.05) is 13.8 Å². The molecule has 0 spiro atoms. The molecule has 7 nitrogen and oxygen atoms in total. The van der Waals surface area contributed by atoms with Gasteiger partial charge in [0.2, 0.25) is 0 Å². The molecule has 2 aliphatic rings. The molecule has 1 aromatic rings. The molecular formula is C18H24BNO6. The van der Waals surface area contributed by atoms with E-state index in [1.165, 1.54) is 0 Å². The first-order valence-electron chi connectivity index (χ1n) is 8.89. The lowest BCUT2D eigenvalue weighted by Gasteiger charge is -2.23. The van der Waals surface area contributed by atoms with Crippen LogP contribution in [0.15, 0.2) is 12.1 Å². The first-order valence-corrected chi connectivity index (χ1v) is 8.89. The van der Waals surface area contributed by atoms with Gasteiger partial charge in [-0.1, -0.05) is 19.9 Å². The Hall–Kier alpha value is -1.90. The Bertz CT molecular complexity index is 701. The summed E-state index contributed by atoms with van der Waals surface area (Å²) in [4.78, 5) is 25.2. The van der Waals surface area contributed by atoms with Crippen molar-refractivity contribution < 1.29 is 28.7 Å². The van der Waals surface area contributed by atoms with Crippen LogP contribution in [-0.4, -0.2) is 49.4 Å². The van der Waals surface area contributed by atoms with Crippen LogP contribution in [0.2, 0.25) is 0 Å². The zero-order chi connectivity index (χ0) is 18.8. The summed E-state index contributed by atoms with van der Waals surface area (Å²) in [6, 6.07) is 2.71. The van der Waals surface area contributed by atoms with Crippen molar-refractivity contribution >= 4 is 24.5 Å². The average molecular weight is 361 g/mol. The summed E-state index contributed by atoms with van der Waals surface area (Å²) >= 11 is 0. The largest absolute Gasteiger partial charge is 0.492 e. The Kier molecular flexibility index (Phi) is 5.65. The first kappa shape index (κ1) is 18.9. The Morgan fingerprint density at radius 3 is 2.81 bits per heavy atom. The van der Waals surface area contributed by atoms with Crippen molar-refractivity contribution in [2.45, 2.75) is 45.9 Å². The summed E-state index contributed by atoms with van der Waals surface area (Å²) in [5.41, 5.74) is 2.57. The summed E-state index contributed by atoms with van der Waals surface area (Å²) in [5, 5.41) is 12.7. The van der Waals surface area contributed by atoms with Crippen molar-refractivity contribution in [3.63, 3.8) is 0 Å². The first-order chi connectivity index (χ1) is 12.4. The Balaban J connectivity index is 1.74. The number of nitrogens with one attached hydrogen (secondary N) is 1. The number of fused-ring (bicyclic) bond motifs is 1. The normalized spacial score (nSPS) is 20.2. The number of amides is 1. The van der Waals surface area contributed by atoms with Gasteiger partial charge in [-0.2, -0.15) is 0 Å². The minimum Gasteiger partial charge on any atom is -0.458 e. The van der Waals surface area contributed by atoms with Crippen molar-refractivity contribution in [3.8, 4) is 0 Å². The topological polar surface area (TPSA) is 94.1 Å². The summed E-state index contributed by atoms with van der Waals surface area (Å²) in [6.07, 6.45) is 0.418. The molecule has 2 heterocycles. The van der Waals surface area contributed by atoms with Crippen LogP contribution in [0, 0.1) is 12.8 Å². The lowest BCUT2D eigenvalue weighted by Crippen LogP contribution is -2.47. The van der Waals surface area contributed by atoms with Gasteiger partial charge in [-0.25, -0.2) is 4.79 Å². The van der Waals surface area contributed by atoms with Gasteiger partial charge in [0.15, 0.2) is 0 Å². The van der Waals surface area contributed by atoms with Gasteiger partial charge in [-0.3, -0.25) is 4.79 Å². The third-order valence-electron chi connectivity index (χ3n) is 4.87. The van der Waals surface area contributed by atoms with Crippen LogP contribution in [0.3, 0.4) is 0 Å². The number of hydrogen-bond donors (Lipinski definition) is 2. The number of benzene rings is 1.